The molecule has 1 aromatic rings. The third kappa shape index (κ3) is 2.60. The SMILES string of the molecule is Cc1c(Br)cccc1C(=O)N1CCC(C(=O)O)(C(F)(F)F)C1. The molecule has 1 aromatic carbocycles. The maximum Gasteiger partial charge on any atom is 0.406 e. The summed E-state index contributed by atoms with van der Waals surface area (Å²) in [5.74, 6) is -2.53. The Kier molecular flexibility index (Phi) is 4.25. The molecule has 0 aliphatic carbocycles. The largest absolute Gasteiger partial charge is 0.481 e. The second kappa shape index (κ2) is 5.57. The van der Waals surface area contributed by atoms with Gasteiger partial charge >= 0.3 is 12.1 Å². The summed E-state index contributed by atoms with van der Waals surface area (Å²) >= 11 is 3.26. The first kappa shape index (κ1) is 16.8. The Morgan fingerprint density at radius 3 is 2.50 bits per heavy atom. The number of hydrogen-bond acceptors (Lipinski definition) is 2. The first-order valence-corrected chi connectivity index (χ1v) is 7.24. The Balaban J connectivity index is 2.31. The molecular formula is C14H13BrF3NO3. The number of likely N-dealkylation sites (tertiary alicyclic amines) is 1. The number of nitrogens with zero attached hydrogens (tertiary/aromatic N) is 1. The predicted octanol–water partition coefficient (Wildman–Crippen LogP) is 3.24. The van der Waals surface area contributed by atoms with Crippen molar-refractivity contribution in [2.45, 2.75) is 19.5 Å². The van der Waals surface area contributed by atoms with E-state index >= 15 is 0 Å². The van der Waals surface area contributed by atoms with Crippen molar-refractivity contribution in [1.29, 1.82) is 0 Å². The minimum absolute atomic E-state index is 0.239. The Morgan fingerprint density at radius 1 is 1.36 bits per heavy atom. The van der Waals surface area contributed by atoms with Crippen LogP contribution in [0, 0.1) is 12.3 Å². The molecule has 1 aliphatic rings. The fourth-order valence-electron chi connectivity index (χ4n) is 2.52. The van der Waals surface area contributed by atoms with Crippen molar-refractivity contribution in [1.82, 2.24) is 4.90 Å². The highest BCUT2D eigenvalue weighted by Gasteiger charge is 2.64. The van der Waals surface area contributed by atoms with E-state index in [2.05, 4.69) is 15.9 Å². The van der Waals surface area contributed by atoms with Gasteiger partial charge in [-0.15, -0.1) is 0 Å². The van der Waals surface area contributed by atoms with Crippen molar-refractivity contribution in [2.75, 3.05) is 13.1 Å². The van der Waals surface area contributed by atoms with E-state index in [4.69, 9.17) is 5.11 Å². The van der Waals surface area contributed by atoms with E-state index in [-0.39, 0.29) is 12.1 Å². The molecule has 1 saturated heterocycles. The Morgan fingerprint density at radius 2 is 2.00 bits per heavy atom. The highest BCUT2D eigenvalue weighted by atomic mass is 79.9. The van der Waals surface area contributed by atoms with Gasteiger partial charge in [-0.3, -0.25) is 9.59 Å². The third-order valence-electron chi connectivity index (χ3n) is 4.01. The second-order valence-electron chi connectivity index (χ2n) is 5.27. The average Bonchev–Trinajstić information content (AvgIpc) is 2.87. The number of halogens is 4. The van der Waals surface area contributed by atoms with Crippen LogP contribution in [-0.2, 0) is 4.79 Å². The number of hydrogen-bond donors (Lipinski definition) is 1. The molecule has 1 atom stereocenters. The first-order chi connectivity index (χ1) is 10.1. The zero-order valence-corrected chi connectivity index (χ0v) is 13.2. The number of rotatable bonds is 2. The van der Waals surface area contributed by atoms with E-state index in [0.717, 1.165) is 4.90 Å². The number of aliphatic carboxylic acids is 1. The lowest BCUT2D eigenvalue weighted by atomic mass is 9.86. The number of carboxylic acid groups (broad SMARTS) is 1. The summed E-state index contributed by atoms with van der Waals surface area (Å²) in [6, 6.07) is 4.83. The van der Waals surface area contributed by atoms with Crippen molar-refractivity contribution in [3.05, 3.63) is 33.8 Å². The van der Waals surface area contributed by atoms with Gasteiger partial charge in [0.2, 0.25) is 0 Å². The van der Waals surface area contributed by atoms with Gasteiger partial charge in [0.25, 0.3) is 5.91 Å². The van der Waals surface area contributed by atoms with Gasteiger partial charge in [-0.2, -0.15) is 13.2 Å². The molecule has 1 aliphatic heterocycles. The molecular weight excluding hydrogens is 367 g/mol. The van der Waals surface area contributed by atoms with Crippen LogP contribution in [0.2, 0.25) is 0 Å². The van der Waals surface area contributed by atoms with E-state index in [1.54, 1.807) is 19.1 Å². The van der Waals surface area contributed by atoms with Crippen LogP contribution in [0.3, 0.4) is 0 Å². The van der Waals surface area contributed by atoms with Gasteiger partial charge in [0.1, 0.15) is 0 Å². The van der Waals surface area contributed by atoms with Gasteiger partial charge in [0, 0.05) is 23.1 Å². The number of amides is 1. The van der Waals surface area contributed by atoms with Crippen LogP contribution in [0.25, 0.3) is 0 Å². The van der Waals surface area contributed by atoms with Gasteiger partial charge in [0.15, 0.2) is 5.41 Å². The second-order valence-corrected chi connectivity index (χ2v) is 6.13. The highest BCUT2D eigenvalue weighted by molar-refractivity contribution is 9.10. The molecule has 1 amide bonds. The summed E-state index contributed by atoms with van der Waals surface area (Å²) in [6.07, 6.45) is -5.54. The van der Waals surface area contributed by atoms with Gasteiger partial charge in [-0.05, 0) is 31.0 Å². The summed E-state index contributed by atoms with van der Waals surface area (Å²) in [6.45, 7) is 0.564. The van der Waals surface area contributed by atoms with Gasteiger partial charge in [-0.1, -0.05) is 22.0 Å². The fourth-order valence-corrected chi connectivity index (χ4v) is 2.89. The molecule has 1 fully saturated rings. The van der Waals surface area contributed by atoms with E-state index < -0.39 is 36.4 Å². The summed E-state index contributed by atoms with van der Waals surface area (Å²) in [4.78, 5) is 24.5. The number of benzene rings is 1. The van der Waals surface area contributed by atoms with Crippen molar-refractivity contribution < 1.29 is 27.9 Å². The summed E-state index contributed by atoms with van der Waals surface area (Å²) in [5, 5.41) is 9.00. The molecule has 22 heavy (non-hydrogen) atoms. The van der Waals surface area contributed by atoms with E-state index in [0.29, 0.717) is 10.0 Å². The van der Waals surface area contributed by atoms with Crippen LogP contribution in [0.15, 0.2) is 22.7 Å². The van der Waals surface area contributed by atoms with Crippen LogP contribution in [0.1, 0.15) is 22.3 Å². The molecule has 0 aromatic heterocycles. The van der Waals surface area contributed by atoms with Gasteiger partial charge in [-0.25, -0.2) is 0 Å². The zero-order chi connectivity index (χ0) is 16.7. The van der Waals surface area contributed by atoms with E-state index in [1.807, 2.05) is 0 Å². The minimum atomic E-state index is -4.90. The van der Waals surface area contributed by atoms with Crippen LogP contribution >= 0.6 is 15.9 Å². The van der Waals surface area contributed by atoms with Crippen molar-refractivity contribution in [3.63, 3.8) is 0 Å². The molecule has 1 unspecified atom stereocenters. The highest BCUT2D eigenvalue weighted by Crippen LogP contribution is 2.46. The van der Waals surface area contributed by atoms with Crippen molar-refractivity contribution >= 4 is 27.8 Å². The Hall–Kier alpha value is -1.57. The quantitative estimate of drug-likeness (QED) is 0.857. The standard InChI is InChI=1S/C14H13BrF3NO3/c1-8-9(3-2-4-10(8)15)11(20)19-6-5-13(7-19,12(21)22)14(16,17)18/h2-4H,5-7H2,1H3,(H,21,22). The molecule has 0 radical (unpaired) electrons. The molecule has 8 heteroatoms. The Bertz CT molecular complexity index is 632. The Labute approximate surface area is 133 Å². The molecule has 0 saturated carbocycles. The number of carboxylic acids is 1. The zero-order valence-electron chi connectivity index (χ0n) is 11.6. The summed E-state index contributed by atoms with van der Waals surface area (Å²) in [5.41, 5.74) is -2.02. The lowest BCUT2D eigenvalue weighted by Crippen LogP contribution is -2.47. The minimum Gasteiger partial charge on any atom is -0.481 e. The maximum absolute atomic E-state index is 13.1. The number of carbonyl (C=O) groups excluding carboxylic acids is 1. The summed E-state index contributed by atoms with van der Waals surface area (Å²) in [7, 11) is 0. The number of carbonyl (C=O) groups is 2. The van der Waals surface area contributed by atoms with Crippen molar-refractivity contribution in [2.24, 2.45) is 5.41 Å². The molecule has 4 nitrogen and oxygen atoms in total. The summed E-state index contributed by atoms with van der Waals surface area (Å²) < 4.78 is 40.0. The normalized spacial score (nSPS) is 22.0. The van der Waals surface area contributed by atoms with Gasteiger partial charge in [0.05, 0.1) is 0 Å². The number of alkyl halides is 3. The smallest absolute Gasteiger partial charge is 0.406 e. The van der Waals surface area contributed by atoms with Crippen LogP contribution in [-0.4, -0.2) is 41.1 Å². The van der Waals surface area contributed by atoms with E-state index in [1.165, 1.54) is 6.07 Å². The fraction of sp³-hybridized carbons (Fsp3) is 0.429. The van der Waals surface area contributed by atoms with Crippen LogP contribution < -0.4 is 0 Å². The molecule has 1 heterocycles. The van der Waals surface area contributed by atoms with Crippen molar-refractivity contribution in [3.8, 4) is 0 Å². The lowest BCUT2D eigenvalue weighted by Gasteiger charge is -2.27. The maximum atomic E-state index is 13.1. The molecule has 120 valence electrons. The monoisotopic (exact) mass is 379 g/mol. The van der Waals surface area contributed by atoms with E-state index in [9.17, 15) is 22.8 Å². The van der Waals surface area contributed by atoms with Crippen LogP contribution in [0.4, 0.5) is 13.2 Å². The predicted molar refractivity (Wildman–Crippen MR) is 75.5 cm³/mol. The third-order valence-corrected chi connectivity index (χ3v) is 4.87. The van der Waals surface area contributed by atoms with Crippen LogP contribution in [0.5, 0.6) is 0 Å². The first-order valence-electron chi connectivity index (χ1n) is 6.44. The van der Waals surface area contributed by atoms with Gasteiger partial charge < -0.3 is 10.0 Å². The molecule has 0 spiro atoms. The average molecular weight is 380 g/mol. The molecule has 2 rings (SSSR count). The lowest BCUT2D eigenvalue weighted by molar-refractivity contribution is -0.227. The molecule has 0 bridgehead atoms. The topological polar surface area (TPSA) is 57.6 Å². The molecule has 1 N–H and O–H groups in total.